The largest absolute Gasteiger partial charge is 0.493 e. The lowest BCUT2D eigenvalue weighted by molar-refractivity contribution is -0.117. The average molecular weight is 402 g/mol. The van der Waals surface area contributed by atoms with Crippen LogP contribution in [-0.4, -0.2) is 29.2 Å². The Bertz CT molecular complexity index is 1020. The van der Waals surface area contributed by atoms with Crippen LogP contribution in [0.5, 0.6) is 5.75 Å². The van der Waals surface area contributed by atoms with Gasteiger partial charge in [-0.3, -0.25) is 4.79 Å². The van der Waals surface area contributed by atoms with Gasteiger partial charge in [0.05, 0.1) is 23.8 Å². The van der Waals surface area contributed by atoms with E-state index < -0.39 is 5.82 Å². The minimum absolute atomic E-state index is 0.153. The highest BCUT2D eigenvalue weighted by Gasteiger charge is 2.36. The van der Waals surface area contributed by atoms with Crippen LogP contribution in [0.1, 0.15) is 25.2 Å². The summed E-state index contributed by atoms with van der Waals surface area (Å²) in [4.78, 5) is 18.3. The minimum Gasteiger partial charge on any atom is -0.493 e. The van der Waals surface area contributed by atoms with Crippen LogP contribution in [-0.2, 0) is 4.79 Å². The van der Waals surface area contributed by atoms with E-state index in [0.717, 1.165) is 0 Å². The van der Waals surface area contributed by atoms with Gasteiger partial charge in [0, 0.05) is 18.0 Å². The van der Waals surface area contributed by atoms with Gasteiger partial charge in [0.2, 0.25) is 17.6 Å². The molecule has 1 atom stereocenters. The summed E-state index contributed by atoms with van der Waals surface area (Å²) >= 11 is 5.95. The lowest BCUT2D eigenvalue weighted by Crippen LogP contribution is -2.25. The van der Waals surface area contributed by atoms with Crippen LogP contribution >= 0.6 is 11.6 Å². The van der Waals surface area contributed by atoms with Crippen molar-refractivity contribution in [2.45, 2.75) is 19.3 Å². The van der Waals surface area contributed by atoms with Crippen LogP contribution < -0.4 is 9.64 Å². The van der Waals surface area contributed by atoms with Gasteiger partial charge in [-0.15, -0.1) is 0 Å². The molecule has 2 aromatic carbocycles. The molecule has 0 radical (unpaired) electrons. The van der Waals surface area contributed by atoms with Crippen molar-refractivity contribution >= 4 is 23.2 Å². The van der Waals surface area contributed by atoms with Crippen molar-refractivity contribution in [2.24, 2.45) is 0 Å². The first-order valence-corrected chi connectivity index (χ1v) is 9.26. The monoisotopic (exact) mass is 401 g/mol. The average Bonchev–Trinajstić information content (AvgIpc) is 3.31. The molecule has 8 heteroatoms. The lowest BCUT2D eigenvalue weighted by atomic mass is 10.1. The Morgan fingerprint density at radius 1 is 1.32 bits per heavy atom. The highest BCUT2D eigenvalue weighted by Crippen LogP contribution is 2.35. The van der Waals surface area contributed by atoms with Gasteiger partial charge in [-0.25, -0.2) is 4.39 Å². The maximum Gasteiger partial charge on any atom is 0.232 e. The summed E-state index contributed by atoms with van der Waals surface area (Å²) in [6.07, 6.45) is 0.153. The number of benzene rings is 2. The third kappa shape index (κ3) is 3.45. The molecule has 1 fully saturated rings. The number of carbonyl (C=O) groups is 1. The number of carbonyl (C=O) groups excluding carboxylic acids is 1. The number of rotatable bonds is 5. The van der Waals surface area contributed by atoms with Gasteiger partial charge in [0.25, 0.3) is 0 Å². The number of para-hydroxylation sites is 1. The van der Waals surface area contributed by atoms with Crippen LogP contribution in [0.4, 0.5) is 10.1 Å². The fourth-order valence-corrected chi connectivity index (χ4v) is 3.41. The number of aromatic nitrogens is 2. The van der Waals surface area contributed by atoms with Crippen LogP contribution in [0.25, 0.3) is 11.4 Å². The van der Waals surface area contributed by atoms with Crippen LogP contribution in [0.3, 0.4) is 0 Å². The molecule has 4 rings (SSSR count). The normalized spacial score (nSPS) is 16.6. The summed E-state index contributed by atoms with van der Waals surface area (Å²) in [5, 5.41) is 4.40. The third-order valence-electron chi connectivity index (χ3n) is 4.54. The van der Waals surface area contributed by atoms with Crippen molar-refractivity contribution in [1.82, 2.24) is 10.1 Å². The smallest absolute Gasteiger partial charge is 0.232 e. The van der Waals surface area contributed by atoms with Crippen molar-refractivity contribution in [3.8, 4) is 17.1 Å². The molecule has 144 valence electrons. The summed E-state index contributed by atoms with van der Waals surface area (Å²) in [7, 11) is 0. The minimum atomic E-state index is -0.504. The molecule has 1 unspecified atom stereocenters. The molecule has 0 N–H and O–H groups in total. The molecule has 0 bridgehead atoms. The first-order valence-electron chi connectivity index (χ1n) is 8.88. The standard InChI is InChI=1S/C20H17ClFN3O3/c1-2-27-17-6-4-3-5-14(17)19-23-20(28-24-19)12-9-18(26)25(11-12)16-10-13(21)7-8-15(16)22/h3-8,10,12H,2,9,11H2,1H3. The molecule has 1 amide bonds. The molecular weight excluding hydrogens is 385 g/mol. The molecule has 1 saturated heterocycles. The molecule has 28 heavy (non-hydrogen) atoms. The zero-order valence-corrected chi connectivity index (χ0v) is 15.8. The Balaban J connectivity index is 1.59. The summed E-state index contributed by atoms with van der Waals surface area (Å²) in [5.74, 6) is 0.322. The van der Waals surface area contributed by atoms with Crippen molar-refractivity contribution in [1.29, 1.82) is 0 Å². The second-order valence-corrected chi connectivity index (χ2v) is 6.82. The van der Waals surface area contributed by atoms with E-state index in [9.17, 15) is 9.18 Å². The Morgan fingerprint density at radius 3 is 2.96 bits per heavy atom. The number of amides is 1. The van der Waals surface area contributed by atoms with Crippen LogP contribution in [0.15, 0.2) is 47.0 Å². The molecular formula is C20H17ClFN3O3. The van der Waals surface area contributed by atoms with E-state index >= 15 is 0 Å². The molecule has 1 aromatic heterocycles. The van der Waals surface area contributed by atoms with Gasteiger partial charge in [-0.2, -0.15) is 4.98 Å². The Kier molecular flexibility index (Phi) is 5.00. The first kappa shape index (κ1) is 18.4. The second-order valence-electron chi connectivity index (χ2n) is 6.39. The predicted molar refractivity (Wildman–Crippen MR) is 102 cm³/mol. The van der Waals surface area contributed by atoms with Gasteiger partial charge in [-0.05, 0) is 37.3 Å². The number of hydrogen-bond acceptors (Lipinski definition) is 5. The molecule has 1 aliphatic rings. The van der Waals surface area contributed by atoms with Crippen molar-refractivity contribution in [2.75, 3.05) is 18.1 Å². The summed E-state index contributed by atoms with van der Waals surface area (Å²) < 4.78 is 25.2. The first-order chi connectivity index (χ1) is 13.6. The number of halogens is 2. The van der Waals surface area contributed by atoms with E-state index in [-0.39, 0.29) is 30.5 Å². The maximum absolute atomic E-state index is 14.1. The third-order valence-corrected chi connectivity index (χ3v) is 4.78. The van der Waals surface area contributed by atoms with E-state index in [1.165, 1.54) is 23.1 Å². The van der Waals surface area contributed by atoms with Crippen molar-refractivity contribution in [3.05, 3.63) is 59.2 Å². The SMILES string of the molecule is CCOc1ccccc1-c1noc(C2CC(=O)N(c3cc(Cl)ccc3F)C2)n1. The van der Waals surface area contributed by atoms with E-state index in [0.29, 0.717) is 34.7 Å². The fourth-order valence-electron chi connectivity index (χ4n) is 3.24. The Labute approximate surface area is 165 Å². The lowest BCUT2D eigenvalue weighted by Gasteiger charge is -2.17. The quantitative estimate of drug-likeness (QED) is 0.631. The molecule has 6 nitrogen and oxygen atoms in total. The van der Waals surface area contributed by atoms with E-state index in [1.807, 2.05) is 31.2 Å². The van der Waals surface area contributed by atoms with E-state index in [2.05, 4.69) is 10.1 Å². The fraction of sp³-hybridized carbons (Fsp3) is 0.250. The van der Waals surface area contributed by atoms with Gasteiger partial charge in [0.15, 0.2) is 0 Å². The highest BCUT2D eigenvalue weighted by molar-refractivity contribution is 6.31. The topological polar surface area (TPSA) is 68.5 Å². The van der Waals surface area contributed by atoms with Crippen LogP contribution in [0.2, 0.25) is 5.02 Å². The highest BCUT2D eigenvalue weighted by atomic mass is 35.5. The number of hydrogen-bond donors (Lipinski definition) is 0. The maximum atomic E-state index is 14.1. The molecule has 3 aromatic rings. The summed E-state index contributed by atoms with van der Waals surface area (Å²) in [6, 6.07) is 11.5. The molecule has 2 heterocycles. The summed E-state index contributed by atoms with van der Waals surface area (Å²) in [6.45, 7) is 2.65. The van der Waals surface area contributed by atoms with Crippen LogP contribution in [0, 0.1) is 5.82 Å². The molecule has 0 aliphatic carbocycles. The van der Waals surface area contributed by atoms with Gasteiger partial charge in [-0.1, -0.05) is 28.9 Å². The van der Waals surface area contributed by atoms with E-state index in [1.54, 1.807) is 0 Å². The van der Waals surface area contributed by atoms with Gasteiger partial charge < -0.3 is 14.2 Å². The molecule has 1 aliphatic heterocycles. The van der Waals surface area contributed by atoms with Crippen molar-refractivity contribution in [3.63, 3.8) is 0 Å². The van der Waals surface area contributed by atoms with Crippen molar-refractivity contribution < 1.29 is 18.4 Å². The molecule has 0 spiro atoms. The molecule has 0 saturated carbocycles. The second kappa shape index (κ2) is 7.59. The summed E-state index contributed by atoms with van der Waals surface area (Å²) in [5.41, 5.74) is 0.864. The number of anilines is 1. The van der Waals surface area contributed by atoms with Gasteiger partial charge >= 0.3 is 0 Å². The zero-order chi connectivity index (χ0) is 19.7. The van der Waals surface area contributed by atoms with Gasteiger partial charge in [0.1, 0.15) is 11.6 Å². The predicted octanol–water partition coefficient (Wildman–Crippen LogP) is 4.45. The Morgan fingerprint density at radius 2 is 2.14 bits per heavy atom. The van der Waals surface area contributed by atoms with E-state index in [4.69, 9.17) is 20.9 Å². The number of nitrogens with zero attached hydrogens (tertiary/aromatic N) is 3. The Hall–Kier alpha value is -2.93. The number of ether oxygens (including phenoxy) is 1. The zero-order valence-electron chi connectivity index (χ0n) is 15.1.